The fourth-order valence-corrected chi connectivity index (χ4v) is 4.23. The van der Waals surface area contributed by atoms with Crippen molar-refractivity contribution >= 4 is 17.8 Å². The molecule has 1 fully saturated rings. The topological polar surface area (TPSA) is 86.7 Å². The van der Waals surface area contributed by atoms with Crippen LogP contribution in [0.4, 0.5) is 0 Å². The SMILES string of the molecule is CCC(C)C(=O)N1Cc2ccccc2CC1C(=O)NC1CCC(C(=O)O)CC1. The van der Waals surface area contributed by atoms with Crippen LogP contribution in [0.2, 0.25) is 0 Å². The number of aliphatic carboxylic acids is 1. The molecule has 1 aliphatic heterocycles. The molecule has 6 heteroatoms. The van der Waals surface area contributed by atoms with Gasteiger partial charge in [-0.25, -0.2) is 0 Å². The number of nitrogens with one attached hydrogen (secondary N) is 1. The first-order valence-electron chi connectivity index (χ1n) is 10.3. The fourth-order valence-electron chi connectivity index (χ4n) is 4.23. The number of nitrogens with zero attached hydrogens (tertiary/aromatic N) is 1. The summed E-state index contributed by atoms with van der Waals surface area (Å²) in [5, 5.41) is 12.2. The molecule has 152 valence electrons. The average molecular weight is 386 g/mol. The number of carboxylic acids is 1. The largest absolute Gasteiger partial charge is 0.481 e. The normalized spacial score (nSPS) is 25.5. The summed E-state index contributed by atoms with van der Waals surface area (Å²) < 4.78 is 0. The lowest BCUT2D eigenvalue weighted by Gasteiger charge is -2.38. The maximum absolute atomic E-state index is 13.1. The second-order valence-electron chi connectivity index (χ2n) is 8.16. The Bertz CT molecular complexity index is 740. The molecule has 2 unspecified atom stereocenters. The van der Waals surface area contributed by atoms with Gasteiger partial charge in [-0.1, -0.05) is 38.1 Å². The van der Waals surface area contributed by atoms with Gasteiger partial charge in [-0.15, -0.1) is 0 Å². The first kappa shape index (κ1) is 20.4. The first-order chi connectivity index (χ1) is 13.4. The summed E-state index contributed by atoms with van der Waals surface area (Å²) in [7, 11) is 0. The Labute approximate surface area is 166 Å². The second-order valence-corrected chi connectivity index (χ2v) is 8.16. The molecule has 0 radical (unpaired) electrons. The molecule has 2 aliphatic rings. The van der Waals surface area contributed by atoms with Crippen LogP contribution < -0.4 is 5.32 Å². The Morgan fingerprint density at radius 2 is 1.79 bits per heavy atom. The number of amides is 2. The molecule has 1 aromatic rings. The highest BCUT2D eigenvalue weighted by molar-refractivity contribution is 5.89. The number of hydrogen-bond acceptors (Lipinski definition) is 3. The van der Waals surface area contributed by atoms with Gasteiger partial charge in [-0.05, 0) is 43.2 Å². The molecule has 6 nitrogen and oxygen atoms in total. The van der Waals surface area contributed by atoms with E-state index in [-0.39, 0.29) is 29.7 Å². The predicted molar refractivity (Wildman–Crippen MR) is 105 cm³/mol. The zero-order chi connectivity index (χ0) is 20.3. The Balaban J connectivity index is 1.72. The standard InChI is InChI=1S/C22H30N2O4/c1-3-14(2)21(26)24-13-17-7-5-4-6-16(17)12-19(24)20(25)23-18-10-8-15(9-11-18)22(27)28/h4-7,14-15,18-19H,3,8-13H2,1-2H3,(H,23,25)(H,27,28). The summed E-state index contributed by atoms with van der Waals surface area (Å²) in [6.45, 7) is 4.35. The van der Waals surface area contributed by atoms with Crippen LogP contribution in [0.15, 0.2) is 24.3 Å². The molecule has 2 N–H and O–H groups in total. The van der Waals surface area contributed by atoms with Gasteiger partial charge in [0.25, 0.3) is 0 Å². The zero-order valence-electron chi connectivity index (χ0n) is 16.7. The third kappa shape index (κ3) is 4.37. The highest BCUT2D eigenvalue weighted by atomic mass is 16.4. The van der Waals surface area contributed by atoms with E-state index in [2.05, 4.69) is 5.32 Å². The number of carbonyl (C=O) groups excluding carboxylic acids is 2. The number of rotatable bonds is 5. The van der Waals surface area contributed by atoms with Crippen LogP contribution in [0, 0.1) is 11.8 Å². The van der Waals surface area contributed by atoms with Crippen molar-refractivity contribution in [1.29, 1.82) is 0 Å². The third-order valence-electron chi connectivity index (χ3n) is 6.29. The van der Waals surface area contributed by atoms with Gasteiger partial charge in [-0.2, -0.15) is 0 Å². The molecule has 0 bridgehead atoms. The minimum absolute atomic E-state index is 0.0131. The van der Waals surface area contributed by atoms with Gasteiger partial charge in [-0.3, -0.25) is 14.4 Å². The third-order valence-corrected chi connectivity index (χ3v) is 6.29. The molecule has 3 rings (SSSR count). The van der Waals surface area contributed by atoms with Crippen molar-refractivity contribution in [2.75, 3.05) is 0 Å². The Hall–Kier alpha value is -2.37. The maximum atomic E-state index is 13.1. The molecule has 0 spiro atoms. The van der Waals surface area contributed by atoms with Gasteiger partial charge in [0.05, 0.1) is 5.92 Å². The summed E-state index contributed by atoms with van der Waals surface area (Å²) in [4.78, 5) is 38.9. The van der Waals surface area contributed by atoms with E-state index in [0.29, 0.717) is 38.6 Å². The predicted octanol–water partition coefficient (Wildman–Crippen LogP) is 2.75. The van der Waals surface area contributed by atoms with Crippen molar-refractivity contribution in [3.05, 3.63) is 35.4 Å². The van der Waals surface area contributed by atoms with E-state index in [1.807, 2.05) is 38.1 Å². The van der Waals surface area contributed by atoms with Crippen LogP contribution in [0.5, 0.6) is 0 Å². The maximum Gasteiger partial charge on any atom is 0.306 e. The average Bonchev–Trinajstić information content (AvgIpc) is 2.71. The molecular weight excluding hydrogens is 356 g/mol. The van der Waals surface area contributed by atoms with Crippen molar-refractivity contribution in [2.24, 2.45) is 11.8 Å². The Morgan fingerprint density at radius 1 is 1.14 bits per heavy atom. The minimum atomic E-state index is -0.751. The van der Waals surface area contributed by atoms with E-state index in [1.165, 1.54) is 0 Å². The Kier molecular flexibility index (Phi) is 6.37. The number of hydrogen-bond donors (Lipinski definition) is 2. The van der Waals surface area contributed by atoms with Gasteiger partial charge in [0, 0.05) is 24.9 Å². The van der Waals surface area contributed by atoms with Crippen molar-refractivity contribution in [2.45, 2.75) is 71.0 Å². The smallest absolute Gasteiger partial charge is 0.306 e. The van der Waals surface area contributed by atoms with Crippen molar-refractivity contribution in [3.63, 3.8) is 0 Å². The zero-order valence-corrected chi connectivity index (χ0v) is 16.7. The first-order valence-corrected chi connectivity index (χ1v) is 10.3. The van der Waals surface area contributed by atoms with E-state index >= 15 is 0 Å². The van der Waals surface area contributed by atoms with E-state index in [9.17, 15) is 14.4 Å². The number of fused-ring (bicyclic) bond motifs is 1. The quantitative estimate of drug-likeness (QED) is 0.815. The summed E-state index contributed by atoms with van der Waals surface area (Å²) >= 11 is 0. The van der Waals surface area contributed by atoms with Gasteiger partial charge in [0.2, 0.25) is 11.8 Å². The van der Waals surface area contributed by atoms with Crippen LogP contribution in [-0.2, 0) is 27.3 Å². The number of benzene rings is 1. The molecule has 0 saturated heterocycles. The van der Waals surface area contributed by atoms with E-state index in [1.54, 1.807) is 4.90 Å². The monoisotopic (exact) mass is 386 g/mol. The van der Waals surface area contributed by atoms with Gasteiger partial charge >= 0.3 is 5.97 Å². The van der Waals surface area contributed by atoms with Crippen LogP contribution >= 0.6 is 0 Å². The molecule has 28 heavy (non-hydrogen) atoms. The van der Waals surface area contributed by atoms with Gasteiger partial charge in [0.1, 0.15) is 6.04 Å². The number of carbonyl (C=O) groups is 3. The summed E-state index contributed by atoms with van der Waals surface area (Å²) in [5.74, 6) is -1.28. The highest BCUT2D eigenvalue weighted by Gasteiger charge is 2.37. The Morgan fingerprint density at radius 3 is 2.39 bits per heavy atom. The van der Waals surface area contributed by atoms with Crippen LogP contribution in [0.1, 0.15) is 57.1 Å². The van der Waals surface area contributed by atoms with Crippen LogP contribution in [-0.4, -0.2) is 39.9 Å². The van der Waals surface area contributed by atoms with Crippen molar-refractivity contribution in [3.8, 4) is 0 Å². The molecule has 1 aromatic carbocycles. The lowest BCUT2D eigenvalue weighted by molar-refractivity contribution is -0.145. The molecule has 1 heterocycles. The van der Waals surface area contributed by atoms with Gasteiger partial charge < -0.3 is 15.3 Å². The second kappa shape index (κ2) is 8.76. The molecule has 0 aromatic heterocycles. The molecule has 2 atom stereocenters. The lowest BCUT2D eigenvalue weighted by atomic mass is 9.85. The molecule has 1 aliphatic carbocycles. The summed E-state index contributed by atoms with van der Waals surface area (Å²) in [6.07, 6.45) is 3.78. The van der Waals surface area contributed by atoms with E-state index in [0.717, 1.165) is 17.5 Å². The van der Waals surface area contributed by atoms with E-state index in [4.69, 9.17) is 5.11 Å². The van der Waals surface area contributed by atoms with Gasteiger partial charge in [0.15, 0.2) is 0 Å². The van der Waals surface area contributed by atoms with Crippen molar-refractivity contribution in [1.82, 2.24) is 10.2 Å². The molecule has 2 amide bonds. The summed E-state index contributed by atoms with van der Waals surface area (Å²) in [6, 6.07) is 7.46. The van der Waals surface area contributed by atoms with Crippen LogP contribution in [0.3, 0.4) is 0 Å². The number of carboxylic acid groups (broad SMARTS) is 1. The highest BCUT2D eigenvalue weighted by Crippen LogP contribution is 2.28. The fraction of sp³-hybridized carbons (Fsp3) is 0.591. The van der Waals surface area contributed by atoms with E-state index < -0.39 is 12.0 Å². The van der Waals surface area contributed by atoms with Crippen LogP contribution in [0.25, 0.3) is 0 Å². The molecular formula is C22H30N2O4. The van der Waals surface area contributed by atoms with Crippen molar-refractivity contribution < 1.29 is 19.5 Å². The molecule has 1 saturated carbocycles. The lowest BCUT2D eigenvalue weighted by Crippen LogP contribution is -2.55. The summed E-state index contributed by atoms with van der Waals surface area (Å²) in [5.41, 5.74) is 2.22. The minimum Gasteiger partial charge on any atom is -0.481 e.